The number of likely N-dealkylation sites (tertiary alicyclic amines) is 1. The van der Waals surface area contributed by atoms with Gasteiger partial charge in [0.2, 0.25) is 0 Å². The topological polar surface area (TPSA) is 58.4 Å². The molecule has 1 aliphatic rings. The first-order valence-corrected chi connectivity index (χ1v) is 7.23. The third kappa shape index (κ3) is 6.37. The molecule has 0 saturated carbocycles. The summed E-state index contributed by atoms with van der Waals surface area (Å²) >= 11 is 0. The minimum Gasteiger partial charge on any atom is -0.352 e. The Balaban J connectivity index is 0.00000264. The summed E-state index contributed by atoms with van der Waals surface area (Å²) in [7, 11) is 0. The number of alkyl halides is 3. The molecule has 0 bridgehead atoms. The molecular formula is C15H21ClF3N3O. The summed E-state index contributed by atoms with van der Waals surface area (Å²) in [5.74, 6) is -0.146. The van der Waals surface area contributed by atoms with E-state index in [-0.39, 0.29) is 24.2 Å². The van der Waals surface area contributed by atoms with Crippen LogP contribution in [0.4, 0.5) is 13.2 Å². The third-order valence-corrected chi connectivity index (χ3v) is 3.78. The van der Waals surface area contributed by atoms with Crippen molar-refractivity contribution in [3.63, 3.8) is 0 Å². The molecule has 4 nitrogen and oxygen atoms in total. The zero-order chi connectivity index (χ0) is 16.2. The molecule has 1 aliphatic heterocycles. The van der Waals surface area contributed by atoms with Crippen LogP contribution in [0.1, 0.15) is 22.3 Å². The van der Waals surface area contributed by atoms with Gasteiger partial charge in [0, 0.05) is 25.2 Å². The van der Waals surface area contributed by atoms with Crippen LogP contribution in [0, 0.1) is 5.92 Å². The van der Waals surface area contributed by atoms with Crippen molar-refractivity contribution in [1.29, 1.82) is 0 Å². The van der Waals surface area contributed by atoms with Crippen LogP contribution in [0.5, 0.6) is 0 Å². The zero-order valence-corrected chi connectivity index (χ0v) is 13.4. The number of nitrogens with one attached hydrogen (secondary N) is 1. The second-order valence-corrected chi connectivity index (χ2v) is 5.62. The van der Waals surface area contributed by atoms with Gasteiger partial charge in [0.25, 0.3) is 5.91 Å². The fourth-order valence-corrected chi connectivity index (χ4v) is 2.61. The van der Waals surface area contributed by atoms with E-state index in [1.54, 1.807) is 24.3 Å². The van der Waals surface area contributed by atoms with E-state index >= 15 is 0 Å². The summed E-state index contributed by atoms with van der Waals surface area (Å²) in [5, 5.41) is 2.78. The van der Waals surface area contributed by atoms with E-state index in [2.05, 4.69) is 5.32 Å². The van der Waals surface area contributed by atoms with Crippen molar-refractivity contribution in [1.82, 2.24) is 10.2 Å². The molecule has 1 heterocycles. The molecule has 1 unspecified atom stereocenters. The summed E-state index contributed by atoms with van der Waals surface area (Å²) < 4.78 is 36.9. The van der Waals surface area contributed by atoms with Crippen molar-refractivity contribution in [2.45, 2.75) is 19.1 Å². The Morgan fingerprint density at radius 2 is 1.96 bits per heavy atom. The Kier molecular flexibility index (Phi) is 7.31. The van der Waals surface area contributed by atoms with Gasteiger partial charge >= 0.3 is 6.18 Å². The van der Waals surface area contributed by atoms with Crippen LogP contribution in [0.2, 0.25) is 0 Å². The van der Waals surface area contributed by atoms with E-state index in [0.717, 1.165) is 5.56 Å². The first-order chi connectivity index (χ1) is 10.4. The predicted octanol–water partition coefficient (Wildman–Crippen LogP) is 2.18. The minimum atomic E-state index is -4.16. The molecule has 130 valence electrons. The highest BCUT2D eigenvalue weighted by Crippen LogP contribution is 2.22. The quantitative estimate of drug-likeness (QED) is 0.855. The lowest BCUT2D eigenvalue weighted by molar-refractivity contribution is -0.143. The van der Waals surface area contributed by atoms with E-state index < -0.39 is 12.7 Å². The number of hydrogen-bond acceptors (Lipinski definition) is 3. The van der Waals surface area contributed by atoms with Crippen molar-refractivity contribution in [3.05, 3.63) is 35.4 Å². The van der Waals surface area contributed by atoms with Crippen LogP contribution in [0.3, 0.4) is 0 Å². The van der Waals surface area contributed by atoms with Gasteiger partial charge in [0.05, 0.1) is 6.54 Å². The lowest BCUT2D eigenvalue weighted by Gasteiger charge is -2.18. The molecule has 23 heavy (non-hydrogen) atoms. The van der Waals surface area contributed by atoms with Gasteiger partial charge in [-0.3, -0.25) is 9.69 Å². The Morgan fingerprint density at radius 3 is 2.52 bits per heavy atom. The lowest BCUT2D eigenvalue weighted by atomic mass is 10.1. The standard InChI is InChI=1S/C15H20F3N3O.ClH/c16-15(17,18)10-21-6-5-12(9-21)8-20-14(22)13-3-1-11(7-19)2-4-13;/h1-4,12H,5-10,19H2,(H,20,22);1H. The molecule has 2 rings (SSSR count). The molecule has 8 heteroatoms. The highest BCUT2D eigenvalue weighted by Gasteiger charge is 2.34. The van der Waals surface area contributed by atoms with Crippen molar-refractivity contribution < 1.29 is 18.0 Å². The maximum atomic E-state index is 12.3. The molecule has 1 amide bonds. The van der Waals surface area contributed by atoms with Crippen LogP contribution >= 0.6 is 12.4 Å². The summed E-state index contributed by atoms with van der Waals surface area (Å²) in [6.45, 7) is 0.722. The van der Waals surface area contributed by atoms with E-state index in [4.69, 9.17) is 5.73 Å². The SMILES string of the molecule is Cl.NCc1ccc(C(=O)NCC2CCN(CC(F)(F)F)C2)cc1. The smallest absolute Gasteiger partial charge is 0.352 e. The molecule has 1 aromatic carbocycles. The zero-order valence-electron chi connectivity index (χ0n) is 12.6. The van der Waals surface area contributed by atoms with Gasteiger partial charge in [-0.15, -0.1) is 12.4 Å². The summed E-state index contributed by atoms with van der Waals surface area (Å²) in [6.07, 6.45) is -3.49. The first-order valence-electron chi connectivity index (χ1n) is 7.23. The number of nitrogens with two attached hydrogens (primary N) is 1. The Morgan fingerprint density at radius 1 is 1.30 bits per heavy atom. The number of carbonyl (C=O) groups excluding carboxylic acids is 1. The van der Waals surface area contributed by atoms with Crippen LogP contribution in [-0.4, -0.2) is 43.2 Å². The molecule has 0 radical (unpaired) electrons. The number of hydrogen-bond donors (Lipinski definition) is 2. The van der Waals surface area contributed by atoms with E-state index in [1.807, 2.05) is 0 Å². The molecule has 3 N–H and O–H groups in total. The molecule has 1 atom stereocenters. The third-order valence-electron chi connectivity index (χ3n) is 3.78. The van der Waals surface area contributed by atoms with E-state index in [0.29, 0.717) is 38.2 Å². The molecule has 1 saturated heterocycles. The monoisotopic (exact) mass is 351 g/mol. The highest BCUT2D eigenvalue weighted by molar-refractivity contribution is 5.94. The largest absolute Gasteiger partial charge is 0.401 e. The lowest BCUT2D eigenvalue weighted by Crippen LogP contribution is -2.34. The molecule has 0 aromatic heterocycles. The van der Waals surface area contributed by atoms with Gasteiger partial charge in [0.15, 0.2) is 0 Å². The van der Waals surface area contributed by atoms with Crippen molar-refractivity contribution in [3.8, 4) is 0 Å². The Hall–Kier alpha value is -1.31. The average Bonchev–Trinajstić information content (AvgIpc) is 2.90. The normalized spacial score (nSPS) is 18.5. The van der Waals surface area contributed by atoms with Crippen LogP contribution < -0.4 is 11.1 Å². The van der Waals surface area contributed by atoms with Gasteiger partial charge in [-0.1, -0.05) is 12.1 Å². The van der Waals surface area contributed by atoms with Crippen molar-refractivity contribution in [2.75, 3.05) is 26.2 Å². The van der Waals surface area contributed by atoms with Gasteiger partial charge in [-0.25, -0.2) is 0 Å². The number of benzene rings is 1. The van der Waals surface area contributed by atoms with Gasteiger partial charge in [-0.05, 0) is 36.6 Å². The van der Waals surface area contributed by atoms with Gasteiger partial charge < -0.3 is 11.1 Å². The van der Waals surface area contributed by atoms with Gasteiger partial charge in [0.1, 0.15) is 0 Å². The van der Waals surface area contributed by atoms with Crippen LogP contribution in [0.25, 0.3) is 0 Å². The summed E-state index contributed by atoms with van der Waals surface area (Å²) in [4.78, 5) is 13.4. The van der Waals surface area contributed by atoms with Crippen LogP contribution in [-0.2, 0) is 6.54 Å². The number of amides is 1. The van der Waals surface area contributed by atoms with E-state index in [1.165, 1.54) is 4.90 Å². The average molecular weight is 352 g/mol. The van der Waals surface area contributed by atoms with Crippen molar-refractivity contribution >= 4 is 18.3 Å². The maximum Gasteiger partial charge on any atom is 0.401 e. The number of nitrogens with zero attached hydrogens (tertiary/aromatic N) is 1. The van der Waals surface area contributed by atoms with Gasteiger partial charge in [-0.2, -0.15) is 13.2 Å². The molecule has 0 spiro atoms. The molecule has 1 aromatic rings. The Bertz CT molecular complexity index is 508. The fraction of sp³-hybridized carbons (Fsp3) is 0.533. The second-order valence-electron chi connectivity index (χ2n) is 5.62. The minimum absolute atomic E-state index is 0. The molecular weight excluding hydrogens is 331 g/mol. The number of carbonyl (C=O) groups is 1. The fourth-order valence-electron chi connectivity index (χ4n) is 2.61. The van der Waals surface area contributed by atoms with Crippen molar-refractivity contribution in [2.24, 2.45) is 11.7 Å². The second kappa shape index (κ2) is 8.52. The number of rotatable bonds is 5. The number of halogens is 4. The molecule has 0 aliphatic carbocycles. The van der Waals surface area contributed by atoms with Crippen LogP contribution in [0.15, 0.2) is 24.3 Å². The maximum absolute atomic E-state index is 12.3. The van der Waals surface area contributed by atoms with E-state index in [9.17, 15) is 18.0 Å². The summed E-state index contributed by atoms with van der Waals surface area (Å²) in [6, 6.07) is 6.97. The molecule has 1 fully saturated rings. The summed E-state index contributed by atoms with van der Waals surface area (Å²) in [5.41, 5.74) is 6.96. The Labute approximate surface area is 139 Å². The highest BCUT2D eigenvalue weighted by atomic mass is 35.5. The first kappa shape index (κ1) is 19.7. The predicted molar refractivity (Wildman–Crippen MR) is 84.5 cm³/mol.